The van der Waals surface area contributed by atoms with Crippen LogP contribution in [0, 0.1) is 13.8 Å². The van der Waals surface area contributed by atoms with E-state index in [-0.39, 0.29) is 0 Å². The summed E-state index contributed by atoms with van der Waals surface area (Å²) in [6.07, 6.45) is -1.19. The summed E-state index contributed by atoms with van der Waals surface area (Å²) >= 11 is 0. The molecule has 1 rings (SSSR count). The SMILES string of the molecule is Cc1cc(C)cc(N(C)C(=O)[O-])c1. The second-order valence-electron chi connectivity index (χ2n) is 3.17. The Kier molecular flexibility index (Phi) is 2.56. The normalized spacial score (nSPS) is 9.77. The summed E-state index contributed by atoms with van der Waals surface area (Å²) in [6, 6.07) is 5.61. The predicted octanol–water partition coefficient (Wildman–Crippen LogP) is 1.08. The third-order valence-electron chi connectivity index (χ3n) is 1.87. The van der Waals surface area contributed by atoms with Crippen molar-refractivity contribution in [1.82, 2.24) is 0 Å². The van der Waals surface area contributed by atoms with Crippen LogP contribution in [0.1, 0.15) is 11.1 Å². The molecule has 0 atom stereocenters. The molecule has 0 spiro atoms. The Morgan fingerprint density at radius 3 is 2.08 bits per heavy atom. The molecule has 1 aromatic rings. The van der Waals surface area contributed by atoms with Crippen LogP contribution in [0.2, 0.25) is 0 Å². The maximum absolute atomic E-state index is 10.5. The van der Waals surface area contributed by atoms with Crippen LogP contribution < -0.4 is 10.0 Å². The van der Waals surface area contributed by atoms with Gasteiger partial charge in [-0.2, -0.15) is 0 Å². The van der Waals surface area contributed by atoms with Gasteiger partial charge in [0.15, 0.2) is 0 Å². The minimum absolute atomic E-state index is 0.650. The summed E-state index contributed by atoms with van der Waals surface area (Å²) in [7, 11) is 1.48. The topological polar surface area (TPSA) is 43.4 Å². The third kappa shape index (κ3) is 2.21. The Labute approximate surface area is 77.6 Å². The zero-order valence-corrected chi connectivity index (χ0v) is 8.00. The van der Waals surface area contributed by atoms with Gasteiger partial charge in [0.1, 0.15) is 6.09 Å². The first-order valence-corrected chi connectivity index (χ1v) is 4.03. The van der Waals surface area contributed by atoms with Crippen molar-refractivity contribution < 1.29 is 9.90 Å². The first-order valence-electron chi connectivity index (χ1n) is 4.03. The maximum atomic E-state index is 10.5. The molecule has 0 saturated carbocycles. The minimum atomic E-state index is -1.19. The van der Waals surface area contributed by atoms with E-state index in [0.717, 1.165) is 16.0 Å². The fourth-order valence-electron chi connectivity index (χ4n) is 1.25. The number of carboxylic acid groups (broad SMARTS) is 1. The number of rotatable bonds is 1. The van der Waals surface area contributed by atoms with Crippen LogP contribution in [-0.2, 0) is 0 Å². The van der Waals surface area contributed by atoms with E-state index >= 15 is 0 Å². The van der Waals surface area contributed by atoms with Gasteiger partial charge in [0, 0.05) is 12.7 Å². The molecule has 0 aliphatic carbocycles. The average molecular weight is 178 g/mol. The van der Waals surface area contributed by atoms with Crippen LogP contribution in [0.3, 0.4) is 0 Å². The largest absolute Gasteiger partial charge is 0.530 e. The van der Waals surface area contributed by atoms with Gasteiger partial charge in [0.2, 0.25) is 0 Å². The highest BCUT2D eigenvalue weighted by Crippen LogP contribution is 2.16. The quantitative estimate of drug-likeness (QED) is 0.646. The van der Waals surface area contributed by atoms with Crippen molar-refractivity contribution in [2.75, 3.05) is 11.9 Å². The molecule has 13 heavy (non-hydrogen) atoms. The van der Waals surface area contributed by atoms with Gasteiger partial charge in [-0.05, 0) is 37.1 Å². The smallest absolute Gasteiger partial charge is 0.141 e. The van der Waals surface area contributed by atoms with Crippen molar-refractivity contribution in [2.24, 2.45) is 0 Å². The number of carbonyl (C=O) groups is 1. The number of aryl methyl sites for hydroxylation is 2. The number of anilines is 1. The Balaban J connectivity index is 3.07. The Morgan fingerprint density at radius 2 is 1.69 bits per heavy atom. The summed E-state index contributed by atoms with van der Waals surface area (Å²) in [6.45, 7) is 3.86. The predicted molar refractivity (Wildman–Crippen MR) is 49.7 cm³/mol. The van der Waals surface area contributed by atoms with E-state index in [9.17, 15) is 9.90 Å². The molecule has 0 unspecified atom stereocenters. The zero-order chi connectivity index (χ0) is 10.0. The van der Waals surface area contributed by atoms with E-state index in [0.29, 0.717) is 5.69 Å². The molecule has 0 radical (unpaired) electrons. The Morgan fingerprint density at radius 1 is 1.23 bits per heavy atom. The van der Waals surface area contributed by atoms with Crippen LogP contribution >= 0.6 is 0 Å². The highest BCUT2D eigenvalue weighted by atomic mass is 16.4. The van der Waals surface area contributed by atoms with Gasteiger partial charge in [-0.3, -0.25) is 0 Å². The van der Waals surface area contributed by atoms with Crippen LogP contribution in [0.5, 0.6) is 0 Å². The van der Waals surface area contributed by atoms with Gasteiger partial charge in [-0.15, -0.1) is 0 Å². The van der Waals surface area contributed by atoms with Crippen molar-refractivity contribution in [3.05, 3.63) is 29.3 Å². The summed E-state index contributed by atoms with van der Waals surface area (Å²) in [5, 5.41) is 10.5. The highest BCUT2D eigenvalue weighted by Gasteiger charge is 2.01. The van der Waals surface area contributed by atoms with Crippen LogP contribution in [0.25, 0.3) is 0 Å². The molecule has 0 bridgehead atoms. The van der Waals surface area contributed by atoms with E-state index in [2.05, 4.69) is 0 Å². The standard InChI is InChI=1S/C10H13NO2/c1-7-4-8(2)6-9(5-7)11(3)10(12)13/h4-6H,1-3H3,(H,12,13)/p-1. The van der Waals surface area contributed by atoms with Gasteiger partial charge in [0.25, 0.3) is 0 Å². The number of hydrogen-bond donors (Lipinski definition) is 0. The fraction of sp³-hybridized carbons (Fsp3) is 0.300. The fourth-order valence-corrected chi connectivity index (χ4v) is 1.25. The molecule has 0 fully saturated rings. The van der Waals surface area contributed by atoms with E-state index in [4.69, 9.17) is 0 Å². The van der Waals surface area contributed by atoms with Crippen LogP contribution in [-0.4, -0.2) is 13.1 Å². The van der Waals surface area contributed by atoms with E-state index < -0.39 is 6.09 Å². The summed E-state index contributed by atoms with van der Waals surface area (Å²) in [5.74, 6) is 0. The van der Waals surface area contributed by atoms with Gasteiger partial charge >= 0.3 is 0 Å². The van der Waals surface area contributed by atoms with Gasteiger partial charge < -0.3 is 14.8 Å². The number of benzene rings is 1. The van der Waals surface area contributed by atoms with E-state index in [1.54, 1.807) is 0 Å². The molecule has 1 amide bonds. The lowest BCUT2D eigenvalue weighted by Gasteiger charge is -2.20. The van der Waals surface area contributed by atoms with Gasteiger partial charge in [-0.1, -0.05) is 6.07 Å². The number of carbonyl (C=O) groups excluding carboxylic acids is 1. The zero-order valence-electron chi connectivity index (χ0n) is 8.00. The molecule has 0 N–H and O–H groups in total. The van der Waals surface area contributed by atoms with Crippen molar-refractivity contribution in [3.63, 3.8) is 0 Å². The number of hydrogen-bond acceptors (Lipinski definition) is 2. The highest BCUT2D eigenvalue weighted by molar-refractivity contribution is 5.83. The third-order valence-corrected chi connectivity index (χ3v) is 1.87. The molecule has 0 saturated heterocycles. The molecule has 0 aliphatic heterocycles. The lowest BCUT2D eigenvalue weighted by atomic mass is 10.1. The lowest BCUT2D eigenvalue weighted by molar-refractivity contribution is -0.246. The molecule has 0 aromatic heterocycles. The van der Waals surface area contributed by atoms with Crippen molar-refractivity contribution in [3.8, 4) is 0 Å². The summed E-state index contributed by atoms with van der Waals surface area (Å²) < 4.78 is 0. The number of amides is 1. The van der Waals surface area contributed by atoms with Crippen molar-refractivity contribution >= 4 is 11.8 Å². The van der Waals surface area contributed by atoms with Crippen LogP contribution in [0.15, 0.2) is 18.2 Å². The molecular weight excluding hydrogens is 166 g/mol. The second kappa shape index (κ2) is 3.47. The monoisotopic (exact) mass is 178 g/mol. The molecule has 3 heteroatoms. The minimum Gasteiger partial charge on any atom is -0.530 e. The van der Waals surface area contributed by atoms with Crippen molar-refractivity contribution in [2.45, 2.75) is 13.8 Å². The maximum Gasteiger partial charge on any atom is 0.141 e. The summed E-state index contributed by atoms with van der Waals surface area (Å²) in [4.78, 5) is 11.6. The summed E-state index contributed by atoms with van der Waals surface area (Å²) in [5.41, 5.74) is 2.74. The molecule has 3 nitrogen and oxygen atoms in total. The molecule has 0 aliphatic rings. The Hall–Kier alpha value is -1.51. The molecular formula is C10H12NO2-. The van der Waals surface area contributed by atoms with E-state index in [1.165, 1.54) is 7.05 Å². The molecule has 1 aromatic carbocycles. The van der Waals surface area contributed by atoms with E-state index in [1.807, 2.05) is 32.0 Å². The molecule has 70 valence electrons. The average Bonchev–Trinajstić information content (AvgIpc) is 2.01. The number of nitrogens with zero attached hydrogens (tertiary/aromatic N) is 1. The first-order chi connectivity index (χ1) is 6.00. The molecule has 0 heterocycles. The van der Waals surface area contributed by atoms with Crippen LogP contribution in [0.4, 0.5) is 10.5 Å². The van der Waals surface area contributed by atoms with Crippen molar-refractivity contribution in [1.29, 1.82) is 0 Å². The lowest BCUT2D eigenvalue weighted by Crippen LogP contribution is -2.38. The first kappa shape index (κ1) is 9.58. The van der Waals surface area contributed by atoms with Gasteiger partial charge in [0.05, 0.1) is 0 Å². The second-order valence-corrected chi connectivity index (χ2v) is 3.17. The Bertz CT molecular complexity index is 313. The van der Waals surface area contributed by atoms with Gasteiger partial charge in [-0.25, -0.2) is 0 Å².